The third-order valence-corrected chi connectivity index (χ3v) is 4.75. The van der Waals surface area contributed by atoms with E-state index in [9.17, 15) is 8.76 Å². The minimum Gasteiger partial charge on any atom is -0.771 e. The van der Waals surface area contributed by atoms with Gasteiger partial charge in [-0.1, -0.05) is 61.7 Å². The molecule has 0 N–H and O–H groups in total. The number of benzene rings is 1. The van der Waals surface area contributed by atoms with Crippen molar-refractivity contribution in [1.82, 2.24) is 0 Å². The van der Waals surface area contributed by atoms with Crippen molar-refractivity contribution in [3.63, 3.8) is 0 Å². The van der Waals surface area contributed by atoms with Crippen LogP contribution in [0, 0.1) is 0 Å². The van der Waals surface area contributed by atoms with Crippen LogP contribution in [0.1, 0.15) is 5.56 Å². The summed E-state index contributed by atoms with van der Waals surface area (Å²) in [7, 11) is 0. The molecule has 0 aliphatic heterocycles. The van der Waals surface area contributed by atoms with Gasteiger partial charge >= 0.3 is 0 Å². The number of hydrogen-bond acceptors (Lipinski definition) is 2. The largest absolute Gasteiger partial charge is 0.771 e. The van der Waals surface area contributed by atoms with Crippen molar-refractivity contribution in [3.05, 3.63) is 34.9 Å². The highest BCUT2D eigenvalue weighted by molar-refractivity contribution is 9.27. The Kier molecular flexibility index (Phi) is 4.58. The molecule has 0 aromatic heterocycles. The molecule has 0 radical (unpaired) electrons. The van der Waals surface area contributed by atoms with E-state index < -0.39 is 13.6 Å². The molecule has 0 saturated heterocycles. The zero-order valence-corrected chi connectivity index (χ0v) is 11.6. The van der Waals surface area contributed by atoms with E-state index in [4.69, 9.17) is 11.6 Å². The maximum atomic E-state index is 10.8. The van der Waals surface area contributed by atoms with Crippen molar-refractivity contribution in [1.29, 1.82) is 0 Å². The van der Waals surface area contributed by atoms with Gasteiger partial charge in [-0.05, 0) is 22.7 Å². The molecule has 0 bridgehead atoms. The Morgan fingerprint density at radius 1 is 1.43 bits per heavy atom. The Labute approximate surface area is 107 Å². The zero-order chi connectivity index (χ0) is 10.8. The smallest absolute Gasteiger partial charge is 0.145 e. The van der Waals surface area contributed by atoms with E-state index in [1.807, 2.05) is 6.07 Å². The van der Waals surface area contributed by atoms with Crippen LogP contribution in [0.5, 0.6) is 0 Å². The van der Waals surface area contributed by atoms with E-state index in [0.717, 1.165) is 5.56 Å². The molecule has 0 fully saturated rings. The van der Waals surface area contributed by atoms with Gasteiger partial charge in [0.05, 0.1) is 0 Å². The molecule has 1 unspecified atom stereocenters. The van der Waals surface area contributed by atoms with Crippen molar-refractivity contribution in [2.45, 2.75) is 8.99 Å². The lowest BCUT2D eigenvalue weighted by Crippen LogP contribution is -2.21. The van der Waals surface area contributed by atoms with Gasteiger partial charge < -0.3 is 4.55 Å². The molecule has 1 aromatic carbocycles. The van der Waals surface area contributed by atoms with Crippen LogP contribution in [0.2, 0.25) is 5.02 Å². The Bertz CT molecular complexity index is 357. The highest BCUT2D eigenvalue weighted by Crippen LogP contribution is 2.35. The highest BCUT2D eigenvalue weighted by atomic mass is 79.9. The monoisotopic (exact) mass is 359 g/mol. The fourth-order valence-electron chi connectivity index (χ4n) is 0.922. The first-order valence-corrected chi connectivity index (χ1v) is 6.68. The van der Waals surface area contributed by atoms with E-state index >= 15 is 0 Å². The number of rotatable bonds is 3. The second-order valence-electron chi connectivity index (χ2n) is 2.64. The first-order valence-electron chi connectivity index (χ1n) is 3.64. The van der Waals surface area contributed by atoms with Crippen molar-refractivity contribution < 1.29 is 8.76 Å². The van der Waals surface area contributed by atoms with Gasteiger partial charge in [-0.3, -0.25) is 4.21 Å². The van der Waals surface area contributed by atoms with E-state index in [1.165, 1.54) is 0 Å². The van der Waals surface area contributed by atoms with Gasteiger partial charge in [-0.2, -0.15) is 0 Å². The maximum absolute atomic E-state index is 10.8. The normalized spacial score (nSPS) is 14.0. The predicted octanol–water partition coefficient (Wildman–Crippen LogP) is 3.21. The standard InChI is InChI=1S/C8H7Br2ClO2S/c9-8(10,14(12)13)5-6-3-1-2-4-7(6)11/h1-4H,5H2,(H,12,13)/p-1. The average molecular weight is 361 g/mol. The molecule has 0 aliphatic rings. The first kappa shape index (κ1) is 12.6. The SMILES string of the molecule is O=S([O-])C(Br)(Br)Cc1ccccc1Cl. The second kappa shape index (κ2) is 5.07. The van der Waals surface area contributed by atoms with Gasteiger partial charge in [0.1, 0.15) is 2.57 Å². The first-order chi connectivity index (χ1) is 6.43. The van der Waals surface area contributed by atoms with Gasteiger partial charge in [-0.15, -0.1) is 0 Å². The van der Waals surface area contributed by atoms with Crippen molar-refractivity contribution in [3.8, 4) is 0 Å². The number of halogens is 3. The molecular weight excluding hydrogens is 355 g/mol. The molecular formula is C8H6Br2ClO2S-. The highest BCUT2D eigenvalue weighted by Gasteiger charge is 2.25. The lowest BCUT2D eigenvalue weighted by molar-refractivity contribution is 0.532. The van der Waals surface area contributed by atoms with E-state index in [1.54, 1.807) is 18.2 Å². The number of hydrogen-bond donors (Lipinski definition) is 0. The van der Waals surface area contributed by atoms with Crippen molar-refractivity contribution >= 4 is 54.5 Å². The van der Waals surface area contributed by atoms with Gasteiger partial charge in [0, 0.05) is 11.4 Å². The molecule has 0 spiro atoms. The van der Waals surface area contributed by atoms with Crippen LogP contribution in [0.3, 0.4) is 0 Å². The lowest BCUT2D eigenvalue weighted by atomic mass is 10.2. The Morgan fingerprint density at radius 3 is 2.50 bits per heavy atom. The maximum Gasteiger partial charge on any atom is 0.145 e. The summed E-state index contributed by atoms with van der Waals surface area (Å²) in [6.45, 7) is 0. The molecule has 1 rings (SSSR count). The predicted molar refractivity (Wildman–Crippen MR) is 64.7 cm³/mol. The van der Waals surface area contributed by atoms with Crippen LogP contribution in [-0.2, 0) is 17.5 Å². The van der Waals surface area contributed by atoms with Crippen LogP contribution in [-0.4, -0.2) is 11.3 Å². The summed E-state index contributed by atoms with van der Waals surface area (Å²) in [6, 6.07) is 7.11. The fraction of sp³-hybridized carbons (Fsp3) is 0.250. The summed E-state index contributed by atoms with van der Waals surface area (Å²) in [6.07, 6.45) is 0.267. The molecule has 0 heterocycles. The Hall–Kier alpha value is 0.580. The molecule has 14 heavy (non-hydrogen) atoms. The Balaban J connectivity index is 2.89. The molecule has 0 aliphatic carbocycles. The van der Waals surface area contributed by atoms with E-state index in [-0.39, 0.29) is 6.42 Å². The quantitative estimate of drug-likeness (QED) is 0.613. The minimum atomic E-state index is -2.26. The summed E-state index contributed by atoms with van der Waals surface area (Å²) < 4.78 is 20.5. The molecule has 1 atom stereocenters. The Morgan fingerprint density at radius 2 is 2.00 bits per heavy atom. The summed E-state index contributed by atoms with van der Waals surface area (Å²) >= 11 is 9.76. The number of alkyl halides is 2. The van der Waals surface area contributed by atoms with Gasteiger partial charge in [0.2, 0.25) is 0 Å². The summed E-state index contributed by atoms with van der Waals surface area (Å²) in [5.41, 5.74) is 0.770. The van der Waals surface area contributed by atoms with E-state index in [0.29, 0.717) is 5.02 Å². The third-order valence-electron chi connectivity index (χ3n) is 1.60. The summed E-state index contributed by atoms with van der Waals surface area (Å²) in [4.78, 5) is 0. The second-order valence-corrected chi connectivity index (χ2v) is 9.04. The van der Waals surface area contributed by atoms with Crippen LogP contribution in [0.25, 0.3) is 0 Å². The van der Waals surface area contributed by atoms with Crippen molar-refractivity contribution in [2.24, 2.45) is 0 Å². The summed E-state index contributed by atoms with van der Waals surface area (Å²) in [5.74, 6) is 0. The van der Waals surface area contributed by atoms with Gasteiger partial charge in [0.25, 0.3) is 0 Å². The average Bonchev–Trinajstić information content (AvgIpc) is 2.08. The fourth-order valence-corrected chi connectivity index (χ4v) is 2.00. The van der Waals surface area contributed by atoms with Crippen LogP contribution in [0.15, 0.2) is 24.3 Å². The topological polar surface area (TPSA) is 40.1 Å². The van der Waals surface area contributed by atoms with E-state index in [2.05, 4.69) is 31.9 Å². The van der Waals surface area contributed by atoms with Gasteiger partial charge in [0.15, 0.2) is 0 Å². The lowest BCUT2D eigenvalue weighted by Gasteiger charge is -2.23. The molecule has 0 saturated carbocycles. The molecule has 78 valence electrons. The minimum absolute atomic E-state index is 0.267. The third kappa shape index (κ3) is 3.31. The molecule has 6 heteroatoms. The van der Waals surface area contributed by atoms with Crippen LogP contribution >= 0.6 is 43.5 Å². The van der Waals surface area contributed by atoms with Crippen LogP contribution < -0.4 is 0 Å². The molecule has 0 amide bonds. The van der Waals surface area contributed by atoms with Crippen molar-refractivity contribution in [2.75, 3.05) is 0 Å². The molecule has 1 aromatic rings. The molecule has 2 nitrogen and oxygen atoms in total. The zero-order valence-electron chi connectivity index (χ0n) is 6.88. The summed E-state index contributed by atoms with van der Waals surface area (Å²) in [5, 5.41) is 0.557. The van der Waals surface area contributed by atoms with Gasteiger partial charge in [-0.25, -0.2) is 0 Å². The van der Waals surface area contributed by atoms with Crippen LogP contribution in [0.4, 0.5) is 0 Å².